The molecular formula is C17H14BrF3N2O2. The van der Waals surface area contributed by atoms with Crippen LogP contribution in [0.15, 0.2) is 28.7 Å². The minimum atomic E-state index is -0.772. The molecule has 2 aromatic rings. The van der Waals surface area contributed by atoms with Crippen molar-refractivity contribution < 1.29 is 22.7 Å². The molecule has 0 unspecified atom stereocenters. The fraction of sp³-hybridized carbons (Fsp3) is 0.235. The Hall–Kier alpha value is -2.22. The molecule has 0 aromatic heterocycles. The molecule has 1 aliphatic heterocycles. The largest absolute Gasteiger partial charge is 0.497 e. The van der Waals surface area contributed by atoms with Crippen LogP contribution in [0.1, 0.15) is 11.1 Å². The third-order valence-corrected chi connectivity index (χ3v) is 4.70. The van der Waals surface area contributed by atoms with Gasteiger partial charge in [0.1, 0.15) is 23.2 Å². The highest BCUT2D eigenvalue weighted by molar-refractivity contribution is 9.10. The number of methoxy groups -OCH3 is 1. The summed E-state index contributed by atoms with van der Waals surface area (Å²) in [6.45, 7) is 0.292. The van der Waals surface area contributed by atoms with E-state index in [1.165, 1.54) is 24.1 Å². The molecule has 0 fully saturated rings. The second-order valence-electron chi connectivity index (χ2n) is 5.54. The maximum Gasteiger partial charge on any atom is 0.322 e. The third-order valence-electron chi connectivity index (χ3n) is 3.97. The molecule has 4 nitrogen and oxygen atoms in total. The monoisotopic (exact) mass is 414 g/mol. The van der Waals surface area contributed by atoms with Gasteiger partial charge in [-0.3, -0.25) is 4.90 Å². The molecule has 0 aliphatic carbocycles. The van der Waals surface area contributed by atoms with Crippen molar-refractivity contribution >= 4 is 27.6 Å². The Morgan fingerprint density at radius 1 is 1.28 bits per heavy atom. The molecule has 0 spiro atoms. The fourth-order valence-electron chi connectivity index (χ4n) is 2.77. The van der Waals surface area contributed by atoms with Gasteiger partial charge in [0.05, 0.1) is 17.3 Å². The minimum Gasteiger partial charge on any atom is -0.497 e. The van der Waals surface area contributed by atoms with Gasteiger partial charge in [-0.1, -0.05) is 0 Å². The Morgan fingerprint density at radius 3 is 2.76 bits per heavy atom. The summed E-state index contributed by atoms with van der Waals surface area (Å²) >= 11 is 2.85. The SMILES string of the molecule is COc1cc(F)cc(CNC(=O)N2CCc3c2cc(F)c(Br)c3F)c1. The van der Waals surface area contributed by atoms with Crippen LogP contribution in [-0.2, 0) is 13.0 Å². The van der Waals surface area contributed by atoms with Crippen LogP contribution >= 0.6 is 15.9 Å². The molecule has 0 bridgehead atoms. The lowest BCUT2D eigenvalue weighted by atomic mass is 10.1. The van der Waals surface area contributed by atoms with Crippen molar-refractivity contribution in [3.05, 3.63) is 57.3 Å². The maximum atomic E-state index is 14.1. The van der Waals surface area contributed by atoms with Crippen LogP contribution in [0, 0.1) is 17.5 Å². The van der Waals surface area contributed by atoms with Crippen LogP contribution in [0.5, 0.6) is 5.75 Å². The van der Waals surface area contributed by atoms with E-state index in [9.17, 15) is 18.0 Å². The molecule has 0 atom stereocenters. The molecule has 1 heterocycles. The van der Waals surface area contributed by atoms with Gasteiger partial charge in [0.2, 0.25) is 0 Å². The van der Waals surface area contributed by atoms with E-state index in [4.69, 9.17) is 4.74 Å². The summed E-state index contributed by atoms with van der Waals surface area (Å²) in [5, 5.41) is 2.62. The van der Waals surface area contributed by atoms with Gasteiger partial charge in [-0.05, 0) is 46.1 Å². The zero-order valence-electron chi connectivity index (χ0n) is 13.2. The average molecular weight is 415 g/mol. The molecule has 1 aliphatic rings. The minimum absolute atomic E-state index is 0.0558. The number of hydrogen-bond acceptors (Lipinski definition) is 2. The first-order chi connectivity index (χ1) is 11.9. The smallest absolute Gasteiger partial charge is 0.322 e. The summed E-state index contributed by atoms with van der Waals surface area (Å²) in [5.74, 6) is -1.61. The van der Waals surface area contributed by atoms with E-state index >= 15 is 0 Å². The molecule has 3 rings (SSSR count). The first kappa shape index (κ1) is 17.6. The van der Waals surface area contributed by atoms with Crippen LogP contribution in [0.25, 0.3) is 0 Å². The van der Waals surface area contributed by atoms with E-state index in [-0.39, 0.29) is 28.8 Å². The van der Waals surface area contributed by atoms with Gasteiger partial charge < -0.3 is 10.1 Å². The van der Waals surface area contributed by atoms with Crippen LogP contribution in [0.4, 0.5) is 23.7 Å². The summed E-state index contributed by atoms with van der Waals surface area (Å²) in [7, 11) is 1.42. The van der Waals surface area contributed by atoms with Crippen molar-refractivity contribution in [2.75, 3.05) is 18.6 Å². The highest BCUT2D eigenvalue weighted by Gasteiger charge is 2.29. The molecule has 8 heteroatoms. The van der Waals surface area contributed by atoms with Crippen molar-refractivity contribution in [1.82, 2.24) is 5.32 Å². The highest BCUT2D eigenvalue weighted by atomic mass is 79.9. The van der Waals surface area contributed by atoms with E-state index in [0.717, 1.165) is 6.07 Å². The molecule has 0 saturated carbocycles. The number of carbonyl (C=O) groups is 1. The lowest BCUT2D eigenvalue weighted by Gasteiger charge is -2.18. The van der Waals surface area contributed by atoms with Gasteiger partial charge in [0, 0.05) is 24.7 Å². The van der Waals surface area contributed by atoms with Crippen molar-refractivity contribution in [2.24, 2.45) is 0 Å². The van der Waals surface area contributed by atoms with Crippen molar-refractivity contribution in [3.8, 4) is 5.75 Å². The van der Waals surface area contributed by atoms with E-state index in [1.807, 2.05) is 0 Å². The van der Waals surface area contributed by atoms with Gasteiger partial charge in [-0.15, -0.1) is 0 Å². The van der Waals surface area contributed by atoms with Crippen molar-refractivity contribution in [1.29, 1.82) is 0 Å². The molecule has 2 aromatic carbocycles. The number of halogens is 4. The molecule has 25 heavy (non-hydrogen) atoms. The van der Waals surface area contributed by atoms with E-state index in [1.54, 1.807) is 6.07 Å². The Kier molecular flexibility index (Phi) is 4.89. The Balaban J connectivity index is 1.75. The van der Waals surface area contributed by atoms with Gasteiger partial charge in [0.25, 0.3) is 0 Å². The van der Waals surface area contributed by atoms with Crippen LogP contribution in [0.2, 0.25) is 0 Å². The Morgan fingerprint density at radius 2 is 2.04 bits per heavy atom. The number of rotatable bonds is 3. The number of fused-ring (bicyclic) bond motifs is 1. The number of carbonyl (C=O) groups excluding carboxylic acids is 1. The number of urea groups is 1. The zero-order chi connectivity index (χ0) is 18.1. The second-order valence-corrected chi connectivity index (χ2v) is 6.34. The lowest BCUT2D eigenvalue weighted by Crippen LogP contribution is -2.38. The number of hydrogen-bond donors (Lipinski definition) is 1. The summed E-state index contributed by atoms with van der Waals surface area (Å²) < 4.78 is 46.0. The lowest BCUT2D eigenvalue weighted by molar-refractivity contribution is 0.246. The van der Waals surface area contributed by atoms with Gasteiger partial charge >= 0.3 is 6.03 Å². The molecular weight excluding hydrogens is 401 g/mol. The maximum absolute atomic E-state index is 14.1. The summed E-state index contributed by atoms with van der Waals surface area (Å²) in [5.41, 5.74) is 1.00. The topological polar surface area (TPSA) is 41.6 Å². The number of nitrogens with one attached hydrogen (secondary N) is 1. The number of benzene rings is 2. The Bertz CT molecular complexity index is 845. The quantitative estimate of drug-likeness (QED) is 0.766. The number of nitrogens with zero attached hydrogens (tertiary/aromatic N) is 1. The number of amides is 2. The third kappa shape index (κ3) is 3.44. The highest BCUT2D eigenvalue weighted by Crippen LogP contribution is 2.35. The molecule has 0 saturated heterocycles. The van der Waals surface area contributed by atoms with E-state index in [2.05, 4.69) is 21.2 Å². The fourth-order valence-corrected chi connectivity index (χ4v) is 3.12. The second kappa shape index (κ2) is 6.95. The number of anilines is 1. The predicted octanol–water partition coefficient (Wildman–Crippen LogP) is 4.15. The van der Waals surface area contributed by atoms with Crippen molar-refractivity contribution in [2.45, 2.75) is 13.0 Å². The Labute approximate surface area is 150 Å². The zero-order valence-corrected chi connectivity index (χ0v) is 14.8. The molecule has 2 amide bonds. The van der Waals surface area contributed by atoms with Crippen LogP contribution in [-0.4, -0.2) is 19.7 Å². The van der Waals surface area contributed by atoms with Crippen molar-refractivity contribution in [3.63, 3.8) is 0 Å². The van der Waals surface area contributed by atoms with Gasteiger partial charge in [0.15, 0.2) is 0 Å². The number of ether oxygens (including phenoxy) is 1. The molecule has 1 N–H and O–H groups in total. The van der Waals surface area contributed by atoms with E-state index < -0.39 is 23.5 Å². The molecule has 0 radical (unpaired) electrons. The van der Waals surface area contributed by atoms with Gasteiger partial charge in [-0.25, -0.2) is 18.0 Å². The molecule has 132 valence electrons. The van der Waals surface area contributed by atoms with Crippen LogP contribution < -0.4 is 15.0 Å². The average Bonchev–Trinajstić information content (AvgIpc) is 3.01. The van der Waals surface area contributed by atoms with Crippen LogP contribution in [0.3, 0.4) is 0 Å². The summed E-state index contributed by atoms with van der Waals surface area (Å²) in [4.78, 5) is 13.6. The van der Waals surface area contributed by atoms with E-state index in [0.29, 0.717) is 17.7 Å². The summed E-state index contributed by atoms with van der Waals surface area (Å²) in [6, 6.07) is 4.71. The normalized spacial score (nSPS) is 12.9. The first-order valence-electron chi connectivity index (χ1n) is 7.46. The standard InChI is InChI=1S/C17H14BrF3N2O2/c1-25-11-5-9(4-10(19)6-11)8-22-17(24)23-3-2-12-14(23)7-13(20)15(18)16(12)21/h4-7H,2-3,8H2,1H3,(H,22,24). The van der Waals surface area contributed by atoms with Gasteiger partial charge in [-0.2, -0.15) is 0 Å². The first-order valence-corrected chi connectivity index (χ1v) is 8.25. The summed E-state index contributed by atoms with van der Waals surface area (Å²) in [6.07, 6.45) is 0.293. The predicted molar refractivity (Wildman–Crippen MR) is 90.3 cm³/mol.